The lowest BCUT2D eigenvalue weighted by molar-refractivity contribution is 0.0858. The molecule has 4 nitrogen and oxygen atoms in total. The molecule has 0 fully saturated rings. The fraction of sp³-hybridized carbons (Fsp3) is 0.300. The fourth-order valence-electron chi connectivity index (χ4n) is 3.46. The van der Waals surface area contributed by atoms with E-state index in [9.17, 15) is 4.79 Å². The Morgan fingerprint density at radius 3 is 2.79 bits per heavy atom. The molecule has 0 spiro atoms. The highest BCUT2D eigenvalue weighted by Crippen LogP contribution is 2.29. The van der Waals surface area contributed by atoms with Gasteiger partial charge in [-0.15, -0.1) is 0 Å². The second-order valence-corrected chi connectivity index (χ2v) is 6.45. The number of carbonyl (C=O) groups excluding carboxylic acids is 1. The van der Waals surface area contributed by atoms with E-state index in [2.05, 4.69) is 28.5 Å². The standard InChI is InChI=1S/C20H21N3O/c1-14-8-10-16(11-9-14)19(24)23-13-12-21-20(23)22-18-7-3-5-15-4-2-6-17(15)18/h3,5,7-11H,2,4,6,12-13H2,1H3,(H,21,22). The van der Waals surface area contributed by atoms with Gasteiger partial charge in [-0.3, -0.25) is 14.7 Å². The number of guanidine groups is 1. The van der Waals surface area contributed by atoms with Crippen molar-refractivity contribution in [2.75, 3.05) is 18.4 Å². The number of hydrogen-bond donors (Lipinski definition) is 1. The number of amides is 1. The molecule has 4 heteroatoms. The predicted octanol–water partition coefficient (Wildman–Crippen LogP) is 3.41. The number of rotatable bonds is 2. The summed E-state index contributed by atoms with van der Waals surface area (Å²) in [7, 11) is 0. The Bertz CT molecular complexity index is 808. The lowest BCUT2D eigenvalue weighted by atomic mass is 10.1. The first kappa shape index (κ1) is 14.9. The van der Waals surface area contributed by atoms with Gasteiger partial charge in [0, 0.05) is 17.8 Å². The minimum absolute atomic E-state index is 0.00586. The van der Waals surface area contributed by atoms with E-state index in [1.807, 2.05) is 31.2 Å². The number of hydrogen-bond acceptors (Lipinski definition) is 3. The number of aryl methyl sites for hydroxylation is 2. The minimum atomic E-state index is 0.00586. The van der Waals surface area contributed by atoms with Crippen molar-refractivity contribution in [1.82, 2.24) is 4.90 Å². The Morgan fingerprint density at radius 2 is 1.96 bits per heavy atom. The zero-order chi connectivity index (χ0) is 16.5. The van der Waals surface area contributed by atoms with Crippen molar-refractivity contribution in [2.45, 2.75) is 26.2 Å². The highest BCUT2D eigenvalue weighted by atomic mass is 16.2. The predicted molar refractivity (Wildman–Crippen MR) is 96.6 cm³/mol. The average molecular weight is 319 g/mol. The maximum Gasteiger partial charge on any atom is 0.260 e. The highest BCUT2D eigenvalue weighted by molar-refractivity contribution is 6.10. The number of benzene rings is 2. The maximum atomic E-state index is 12.8. The number of anilines is 1. The second kappa shape index (κ2) is 6.11. The third-order valence-electron chi connectivity index (χ3n) is 4.78. The average Bonchev–Trinajstić information content (AvgIpc) is 3.24. The van der Waals surface area contributed by atoms with E-state index >= 15 is 0 Å². The van der Waals surface area contributed by atoms with Crippen molar-refractivity contribution in [3.8, 4) is 0 Å². The Labute approximate surface area is 142 Å². The molecule has 1 heterocycles. The monoisotopic (exact) mass is 319 g/mol. The van der Waals surface area contributed by atoms with E-state index in [1.54, 1.807) is 4.90 Å². The van der Waals surface area contributed by atoms with Gasteiger partial charge in [-0.2, -0.15) is 0 Å². The lowest BCUT2D eigenvalue weighted by Crippen LogP contribution is -2.38. The van der Waals surface area contributed by atoms with Crippen molar-refractivity contribution >= 4 is 17.6 Å². The first-order valence-electron chi connectivity index (χ1n) is 8.53. The van der Waals surface area contributed by atoms with Gasteiger partial charge in [-0.1, -0.05) is 29.8 Å². The molecule has 2 aromatic rings. The van der Waals surface area contributed by atoms with Crippen LogP contribution < -0.4 is 5.32 Å². The zero-order valence-corrected chi connectivity index (χ0v) is 13.9. The molecule has 24 heavy (non-hydrogen) atoms. The summed E-state index contributed by atoms with van der Waals surface area (Å²) < 4.78 is 0. The van der Waals surface area contributed by atoms with Crippen molar-refractivity contribution in [3.05, 3.63) is 64.7 Å². The molecule has 1 amide bonds. The SMILES string of the molecule is Cc1ccc(C(=O)N2CCN=C2Nc2cccc3c2CCC3)cc1. The lowest BCUT2D eigenvalue weighted by Gasteiger charge is -2.20. The normalized spacial score (nSPS) is 16.0. The van der Waals surface area contributed by atoms with Crippen LogP contribution in [0.4, 0.5) is 5.69 Å². The van der Waals surface area contributed by atoms with E-state index in [4.69, 9.17) is 0 Å². The molecule has 4 rings (SSSR count). The van der Waals surface area contributed by atoms with Gasteiger partial charge in [-0.25, -0.2) is 0 Å². The zero-order valence-electron chi connectivity index (χ0n) is 13.9. The molecular weight excluding hydrogens is 298 g/mol. The van der Waals surface area contributed by atoms with E-state index in [-0.39, 0.29) is 5.91 Å². The Morgan fingerprint density at radius 1 is 1.12 bits per heavy atom. The van der Waals surface area contributed by atoms with Crippen LogP contribution in [0.5, 0.6) is 0 Å². The van der Waals surface area contributed by atoms with Crippen LogP contribution >= 0.6 is 0 Å². The van der Waals surface area contributed by atoms with E-state index in [0.717, 1.165) is 24.1 Å². The summed E-state index contributed by atoms with van der Waals surface area (Å²) in [6, 6.07) is 14.1. The highest BCUT2D eigenvalue weighted by Gasteiger charge is 2.26. The van der Waals surface area contributed by atoms with Gasteiger partial charge in [0.1, 0.15) is 0 Å². The molecule has 0 bridgehead atoms. The minimum Gasteiger partial charge on any atom is -0.326 e. The largest absolute Gasteiger partial charge is 0.326 e. The molecule has 1 N–H and O–H groups in total. The molecule has 0 radical (unpaired) electrons. The second-order valence-electron chi connectivity index (χ2n) is 6.45. The molecule has 0 saturated heterocycles. The Balaban J connectivity index is 1.56. The van der Waals surface area contributed by atoms with Crippen molar-refractivity contribution in [3.63, 3.8) is 0 Å². The summed E-state index contributed by atoms with van der Waals surface area (Å²) in [5, 5.41) is 3.41. The summed E-state index contributed by atoms with van der Waals surface area (Å²) in [5.74, 6) is 0.673. The van der Waals surface area contributed by atoms with E-state index in [0.29, 0.717) is 24.6 Å². The van der Waals surface area contributed by atoms with Crippen molar-refractivity contribution in [2.24, 2.45) is 4.99 Å². The smallest absolute Gasteiger partial charge is 0.260 e. The van der Waals surface area contributed by atoms with Gasteiger partial charge in [0.05, 0.1) is 6.54 Å². The first-order valence-corrected chi connectivity index (χ1v) is 8.53. The van der Waals surface area contributed by atoms with E-state index in [1.165, 1.54) is 17.5 Å². The van der Waals surface area contributed by atoms with Crippen molar-refractivity contribution in [1.29, 1.82) is 0 Å². The first-order chi connectivity index (χ1) is 11.7. The summed E-state index contributed by atoms with van der Waals surface area (Å²) in [5.41, 5.74) is 5.73. The van der Waals surface area contributed by atoms with Crippen LogP contribution in [0.3, 0.4) is 0 Å². The van der Waals surface area contributed by atoms with Gasteiger partial charge in [0.25, 0.3) is 5.91 Å². The summed E-state index contributed by atoms with van der Waals surface area (Å²) >= 11 is 0. The number of nitrogens with zero attached hydrogens (tertiary/aromatic N) is 2. The molecule has 0 aromatic heterocycles. The molecule has 122 valence electrons. The van der Waals surface area contributed by atoms with Crippen LogP contribution in [0.15, 0.2) is 47.5 Å². The van der Waals surface area contributed by atoms with Crippen LogP contribution in [0, 0.1) is 6.92 Å². The molecule has 0 atom stereocenters. The third kappa shape index (κ3) is 2.68. The van der Waals surface area contributed by atoms with Gasteiger partial charge in [0.15, 0.2) is 0 Å². The molecular formula is C20H21N3O. The third-order valence-corrected chi connectivity index (χ3v) is 4.78. The molecule has 1 aliphatic heterocycles. The summed E-state index contributed by atoms with van der Waals surface area (Å²) in [4.78, 5) is 19.1. The van der Waals surface area contributed by atoms with Gasteiger partial charge in [0.2, 0.25) is 5.96 Å². The number of nitrogens with one attached hydrogen (secondary N) is 1. The van der Waals surface area contributed by atoms with Crippen LogP contribution in [0.1, 0.15) is 33.5 Å². The Hall–Kier alpha value is -2.62. The van der Waals surface area contributed by atoms with Crippen LogP contribution in [-0.2, 0) is 12.8 Å². The molecule has 2 aliphatic rings. The number of carbonyl (C=O) groups is 1. The number of fused-ring (bicyclic) bond motifs is 1. The van der Waals surface area contributed by atoms with Crippen molar-refractivity contribution < 1.29 is 4.79 Å². The Kier molecular flexibility index (Phi) is 3.81. The maximum absolute atomic E-state index is 12.8. The number of aliphatic imine (C=N–C) groups is 1. The summed E-state index contributed by atoms with van der Waals surface area (Å²) in [6.45, 7) is 3.30. The quantitative estimate of drug-likeness (QED) is 0.922. The van der Waals surface area contributed by atoms with Gasteiger partial charge in [-0.05, 0) is 55.5 Å². The van der Waals surface area contributed by atoms with E-state index < -0.39 is 0 Å². The fourth-order valence-corrected chi connectivity index (χ4v) is 3.46. The van der Waals surface area contributed by atoms with Gasteiger partial charge < -0.3 is 5.32 Å². The molecule has 2 aromatic carbocycles. The topological polar surface area (TPSA) is 44.7 Å². The molecule has 0 unspecified atom stereocenters. The molecule has 0 saturated carbocycles. The van der Waals surface area contributed by atoms with Crippen LogP contribution in [0.2, 0.25) is 0 Å². The van der Waals surface area contributed by atoms with Gasteiger partial charge >= 0.3 is 0 Å². The molecule has 1 aliphatic carbocycles. The van der Waals surface area contributed by atoms with Crippen LogP contribution in [-0.4, -0.2) is 29.9 Å². The summed E-state index contributed by atoms with van der Waals surface area (Å²) in [6.07, 6.45) is 3.44. The van der Waals surface area contributed by atoms with Crippen LogP contribution in [0.25, 0.3) is 0 Å².